The van der Waals surface area contributed by atoms with Gasteiger partial charge in [0.2, 0.25) is 11.8 Å². The quantitative estimate of drug-likeness (QED) is 0.328. The highest BCUT2D eigenvalue weighted by Gasteiger charge is 2.33. The van der Waals surface area contributed by atoms with Crippen molar-refractivity contribution in [1.29, 1.82) is 0 Å². The van der Waals surface area contributed by atoms with Crippen molar-refractivity contribution >= 4 is 22.7 Å². The predicted molar refractivity (Wildman–Crippen MR) is 139 cm³/mol. The summed E-state index contributed by atoms with van der Waals surface area (Å²) in [5.41, 5.74) is 5.70. The Morgan fingerprint density at radius 1 is 1.15 bits per heavy atom. The van der Waals surface area contributed by atoms with Gasteiger partial charge in [0.1, 0.15) is 17.0 Å². The first kappa shape index (κ1) is 28.5. The molecule has 2 atom stereocenters. The van der Waals surface area contributed by atoms with Crippen LogP contribution in [0.2, 0.25) is 0 Å². The van der Waals surface area contributed by atoms with Crippen LogP contribution in [-0.4, -0.2) is 52.9 Å². The Labute approximate surface area is 227 Å². The molecule has 0 aliphatic rings. The van der Waals surface area contributed by atoms with Crippen LogP contribution in [0.4, 0.5) is 13.2 Å². The molecule has 0 radical (unpaired) electrons. The highest BCUT2D eigenvalue weighted by molar-refractivity contribution is 5.98. The van der Waals surface area contributed by atoms with Gasteiger partial charge in [-0.15, -0.1) is 0 Å². The summed E-state index contributed by atoms with van der Waals surface area (Å²) in [5.74, 6) is -0.753. The molecule has 0 spiro atoms. The van der Waals surface area contributed by atoms with E-state index in [1.807, 2.05) is 0 Å². The molecular formula is C27H27F3N6O4. The molecule has 4 aromatic rings. The highest BCUT2D eigenvalue weighted by Crippen LogP contribution is 2.37. The van der Waals surface area contributed by atoms with Crippen molar-refractivity contribution in [3.8, 4) is 17.2 Å². The summed E-state index contributed by atoms with van der Waals surface area (Å²) >= 11 is 0. The van der Waals surface area contributed by atoms with Crippen LogP contribution in [0.1, 0.15) is 52.9 Å². The number of fused-ring (bicyclic) bond motifs is 1. The Bertz CT molecular complexity index is 1540. The number of nitrogens with zero attached hydrogens (tertiary/aromatic N) is 4. The van der Waals surface area contributed by atoms with Gasteiger partial charge < -0.3 is 25.1 Å². The van der Waals surface area contributed by atoms with Gasteiger partial charge in [-0.05, 0) is 42.8 Å². The number of carbonyl (C=O) groups is 2. The maximum atomic E-state index is 13.5. The smallest absolute Gasteiger partial charge is 0.433 e. The fraction of sp³-hybridized carbons (Fsp3) is 0.296. The van der Waals surface area contributed by atoms with Crippen LogP contribution in [0.25, 0.3) is 22.4 Å². The summed E-state index contributed by atoms with van der Waals surface area (Å²) < 4.78 is 51.1. The SMILES string of the molecule is COc1ccc(-c2nc(C(=O)N[C@@H](CC(=O)N(C)C)c3cccnc3)c([C@H](C)N)o2)c2ccc(C(F)(F)F)nc12. The number of aromatic nitrogens is 3. The van der Waals surface area contributed by atoms with Crippen LogP contribution in [0.3, 0.4) is 0 Å². The minimum absolute atomic E-state index is 0.0427. The van der Waals surface area contributed by atoms with E-state index >= 15 is 0 Å². The van der Waals surface area contributed by atoms with Crippen LogP contribution in [0.5, 0.6) is 5.75 Å². The van der Waals surface area contributed by atoms with Crippen molar-refractivity contribution in [2.24, 2.45) is 5.73 Å². The molecule has 0 saturated heterocycles. The molecule has 2 amide bonds. The second-order valence-corrected chi connectivity index (χ2v) is 9.23. The van der Waals surface area contributed by atoms with Crippen molar-refractivity contribution in [2.45, 2.75) is 31.6 Å². The minimum atomic E-state index is -4.66. The Hall–Kier alpha value is -4.52. The lowest BCUT2D eigenvalue weighted by Gasteiger charge is -2.20. The number of hydrogen-bond donors (Lipinski definition) is 2. The van der Waals surface area contributed by atoms with Gasteiger partial charge in [-0.25, -0.2) is 9.97 Å². The topological polar surface area (TPSA) is 136 Å². The molecule has 0 aliphatic heterocycles. The number of carbonyl (C=O) groups excluding carboxylic acids is 2. The molecule has 3 aromatic heterocycles. The van der Waals surface area contributed by atoms with E-state index in [9.17, 15) is 22.8 Å². The van der Waals surface area contributed by atoms with E-state index in [2.05, 4.69) is 20.3 Å². The summed E-state index contributed by atoms with van der Waals surface area (Å²) in [5, 5.41) is 3.08. The monoisotopic (exact) mass is 556 g/mol. The number of halogens is 3. The zero-order valence-electron chi connectivity index (χ0n) is 22.1. The molecule has 0 saturated carbocycles. The first-order chi connectivity index (χ1) is 18.9. The Morgan fingerprint density at radius 3 is 2.50 bits per heavy atom. The number of pyridine rings is 2. The summed E-state index contributed by atoms with van der Waals surface area (Å²) in [7, 11) is 4.53. The third-order valence-corrected chi connectivity index (χ3v) is 6.11. The normalized spacial score (nSPS) is 13.1. The number of rotatable bonds is 8. The summed E-state index contributed by atoms with van der Waals surface area (Å²) in [6.45, 7) is 1.60. The highest BCUT2D eigenvalue weighted by atomic mass is 19.4. The molecule has 3 N–H and O–H groups in total. The molecule has 13 heteroatoms. The Kier molecular flexibility index (Phi) is 8.05. The summed E-state index contributed by atoms with van der Waals surface area (Å²) in [6, 6.07) is 6.98. The van der Waals surface area contributed by atoms with E-state index in [0.29, 0.717) is 5.56 Å². The third kappa shape index (κ3) is 5.88. The molecule has 10 nitrogen and oxygen atoms in total. The summed E-state index contributed by atoms with van der Waals surface area (Å²) in [6.07, 6.45) is -1.59. The first-order valence-electron chi connectivity index (χ1n) is 12.1. The molecule has 0 aliphatic carbocycles. The molecule has 0 unspecified atom stereocenters. The van der Waals surface area contributed by atoms with Gasteiger partial charge >= 0.3 is 6.18 Å². The molecule has 3 heterocycles. The van der Waals surface area contributed by atoms with Gasteiger partial charge in [-0.3, -0.25) is 14.6 Å². The number of nitrogens with two attached hydrogens (primary N) is 1. The number of methoxy groups -OCH3 is 1. The van der Waals surface area contributed by atoms with Crippen molar-refractivity contribution in [3.05, 3.63) is 71.5 Å². The number of hydrogen-bond acceptors (Lipinski definition) is 8. The van der Waals surface area contributed by atoms with Crippen LogP contribution >= 0.6 is 0 Å². The Balaban J connectivity index is 1.77. The predicted octanol–water partition coefficient (Wildman–Crippen LogP) is 4.28. The maximum Gasteiger partial charge on any atom is 0.433 e. The number of benzene rings is 1. The second-order valence-electron chi connectivity index (χ2n) is 9.23. The van der Waals surface area contributed by atoms with E-state index in [1.54, 1.807) is 51.6 Å². The molecular weight excluding hydrogens is 529 g/mol. The van der Waals surface area contributed by atoms with E-state index in [4.69, 9.17) is 14.9 Å². The van der Waals surface area contributed by atoms with Crippen molar-refractivity contribution in [1.82, 2.24) is 25.2 Å². The minimum Gasteiger partial charge on any atom is -0.494 e. The number of nitrogens with one attached hydrogen (secondary N) is 1. The number of oxazole rings is 1. The van der Waals surface area contributed by atoms with Crippen LogP contribution in [0.15, 0.2) is 53.2 Å². The molecule has 0 bridgehead atoms. The van der Waals surface area contributed by atoms with Gasteiger partial charge in [-0.2, -0.15) is 13.2 Å². The van der Waals surface area contributed by atoms with E-state index in [0.717, 1.165) is 6.07 Å². The molecule has 0 fully saturated rings. The third-order valence-electron chi connectivity index (χ3n) is 6.11. The maximum absolute atomic E-state index is 13.5. The molecule has 40 heavy (non-hydrogen) atoms. The number of amides is 2. The zero-order valence-corrected chi connectivity index (χ0v) is 22.1. The standard InChI is InChI=1S/C27H27F3N6O4/c1-14(31)24-23(25(38)33-18(12-21(37)36(2)3)15-6-5-11-32-13-15)35-26(40-24)17-7-9-19(39-4)22-16(17)8-10-20(34-22)27(28,29)30/h5-11,13-14,18H,12,31H2,1-4H3,(H,33,38)/t14-,18-/m0/s1. The summed E-state index contributed by atoms with van der Waals surface area (Å²) in [4.78, 5) is 39.6. The van der Waals surface area contributed by atoms with Crippen molar-refractivity contribution in [3.63, 3.8) is 0 Å². The van der Waals surface area contributed by atoms with E-state index in [-0.39, 0.29) is 51.9 Å². The zero-order chi connectivity index (χ0) is 29.2. The fourth-order valence-corrected chi connectivity index (χ4v) is 4.04. The van der Waals surface area contributed by atoms with Crippen molar-refractivity contribution in [2.75, 3.05) is 21.2 Å². The molecule has 1 aromatic carbocycles. The van der Waals surface area contributed by atoms with Gasteiger partial charge in [0.25, 0.3) is 5.91 Å². The van der Waals surface area contributed by atoms with Gasteiger partial charge in [0.05, 0.1) is 25.6 Å². The average Bonchev–Trinajstić information content (AvgIpc) is 3.37. The lowest BCUT2D eigenvalue weighted by molar-refractivity contribution is -0.141. The van der Waals surface area contributed by atoms with Crippen molar-refractivity contribution < 1.29 is 31.9 Å². The van der Waals surface area contributed by atoms with E-state index in [1.165, 1.54) is 24.1 Å². The Morgan fingerprint density at radius 2 is 1.90 bits per heavy atom. The van der Waals surface area contributed by atoms with Crippen LogP contribution < -0.4 is 15.8 Å². The van der Waals surface area contributed by atoms with Crippen LogP contribution in [0, 0.1) is 0 Å². The number of ether oxygens (including phenoxy) is 1. The first-order valence-corrected chi connectivity index (χ1v) is 12.1. The average molecular weight is 557 g/mol. The van der Waals surface area contributed by atoms with Crippen LogP contribution in [-0.2, 0) is 11.0 Å². The van der Waals surface area contributed by atoms with Gasteiger partial charge in [0, 0.05) is 37.4 Å². The lowest BCUT2D eigenvalue weighted by atomic mass is 10.0. The second kappa shape index (κ2) is 11.3. The largest absolute Gasteiger partial charge is 0.494 e. The van der Waals surface area contributed by atoms with Gasteiger partial charge in [-0.1, -0.05) is 6.07 Å². The molecule has 210 valence electrons. The molecule has 4 rings (SSSR count). The lowest BCUT2D eigenvalue weighted by Crippen LogP contribution is -2.34. The fourth-order valence-electron chi connectivity index (χ4n) is 4.04. The van der Waals surface area contributed by atoms with E-state index < -0.39 is 29.9 Å². The number of alkyl halides is 3. The van der Waals surface area contributed by atoms with Gasteiger partial charge in [0.15, 0.2) is 11.5 Å².